The molecule has 0 atom stereocenters. The summed E-state index contributed by atoms with van der Waals surface area (Å²) in [7, 11) is -0.829. The second-order valence-electron chi connectivity index (χ2n) is 4.93. The molecule has 23 heavy (non-hydrogen) atoms. The van der Waals surface area contributed by atoms with Crippen molar-refractivity contribution in [3.8, 4) is 5.75 Å². The van der Waals surface area contributed by atoms with Crippen LogP contribution in [0.4, 0.5) is 4.39 Å². The number of ether oxygens (including phenoxy) is 1. The number of halogens is 2. The van der Waals surface area contributed by atoms with E-state index in [1.54, 1.807) is 26.1 Å². The first kappa shape index (κ1) is 17.7. The maximum atomic E-state index is 13.4. The highest BCUT2D eigenvalue weighted by atomic mass is 35.5. The van der Waals surface area contributed by atoms with Gasteiger partial charge in [-0.15, -0.1) is 0 Å². The van der Waals surface area contributed by atoms with Gasteiger partial charge in [-0.2, -0.15) is 9.40 Å². The molecular formula is C14H17ClFN3O3S. The topological polar surface area (TPSA) is 64.4 Å². The van der Waals surface area contributed by atoms with Crippen LogP contribution in [0.15, 0.2) is 29.2 Å². The van der Waals surface area contributed by atoms with Crippen LogP contribution in [0.5, 0.6) is 5.75 Å². The van der Waals surface area contributed by atoms with Crippen molar-refractivity contribution in [3.05, 3.63) is 40.9 Å². The van der Waals surface area contributed by atoms with Crippen LogP contribution in [-0.2, 0) is 17.1 Å². The molecule has 1 aromatic carbocycles. The van der Waals surface area contributed by atoms with Gasteiger partial charge >= 0.3 is 0 Å². The summed E-state index contributed by atoms with van der Waals surface area (Å²) in [6.45, 7) is 1.62. The highest BCUT2D eigenvalue weighted by Gasteiger charge is 2.29. The Balaban J connectivity index is 2.08. The number of hydrogen-bond donors (Lipinski definition) is 0. The minimum Gasteiger partial charge on any atom is -0.489 e. The number of likely N-dealkylation sites (N-methyl/N-ethyl adjacent to an activating group) is 1. The summed E-state index contributed by atoms with van der Waals surface area (Å²) in [6, 6.07) is 5.93. The molecule has 1 heterocycles. The van der Waals surface area contributed by atoms with Gasteiger partial charge in [0.05, 0.1) is 5.69 Å². The fraction of sp³-hybridized carbons (Fsp3) is 0.357. The molecule has 0 saturated heterocycles. The highest BCUT2D eigenvalue weighted by molar-refractivity contribution is 7.89. The van der Waals surface area contributed by atoms with Crippen molar-refractivity contribution in [3.63, 3.8) is 0 Å². The van der Waals surface area contributed by atoms with Gasteiger partial charge in [0.1, 0.15) is 16.7 Å². The van der Waals surface area contributed by atoms with Crippen molar-refractivity contribution in [1.29, 1.82) is 0 Å². The molecule has 0 fully saturated rings. The Morgan fingerprint density at radius 3 is 2.61 bits per heavy atom. The molecule has 2 aromatic rings. The zero-order valence-corrected chi connectivity index (χ0v) is 14.5. The molecule has 0 spiro atoms. The van der Waals surface area contributed by atoms with E-state index in [4.69, 9.17) is 16.3 Å². The molecule has 0 bridgehead atoms. The van der Waals surface area contributed by atoms with Crippen molar-refractivity contribution in [2.75, 3.05) is 20.2 Å². The van der Waals surface area contributed by atoms with E-state index in [1.165, 1.54) is 23.9 Å². The zero-order valence-electron chi connectivity index (χ0n) is 13.0. The van der Waals surface area contributed by atoms with E-state index in [9.17, 15) is 12.8 Å². The zero-order chi connectivity index (χ0) is 17.2. The lowest BCUT2D eigenvalue weighted by Gasteiger charge is -2.17. The molecule has 0 N–H and O–H groups in total. The lowest BCUT2D eigenvalue weighted by atomic mass is 10.3. The van der Waals surface area contributed by atoms with Gasteiger partial charge < -0.3 is 4.74 Å². The van der Waals surface area contributed by atoms with Crippen molar-refractivity contribution in [2.24, 2.45) is 7.05 Å². The molecule has 0 aliphatic carbocycles. The molecule has 0 radical (unpaired) electrons. The van der Waals surface area contributed by atoms with E-state index in [0.717, 1.165) is 4.31 Å². The Morgan fingerprint density at radius 2 is 2.04 bits per heavy atom. The number of benzene rings is 1. The van der Waals surface area contributed by atoms with Gasteiger partial charge in [-0.1, -0.05) is 23.7 Å². The first-order valence-corrected chi connectivity index (χ1v) is 8.59. The summed E-state index contributed by atoms with van der Waals surface area (Å²) in [5, 5.41) is 4.04. The molecule has 0 amide bonds. The number of para-hydroxylation sites is 1. The minimum atomic E-state index is -3.80. The van der Waals surface area contributed by atoms with E-state index >= 15 is 0 Å². The minimum absolute atomic E-state index is 0.00753. The van der Waals surface area contributed by atoms with Gasteiger partial charge in [-0.05, 0) is 19.1 Å². The van der Waals surface area contributed by atoms with Crippen LogP contribution < -0.4 is 4.74 Å². The molecule has 0 aliphatic heterocycles. The van der Waals surface area contributed by atoms with Crippen molar-refractivity contribution in [1.82, 2.24) is 14.1 Å². The maximum Gasteiger partial charge on any atom is 0.247 e. The van der Waals surface area contributed by atoms with Gasteiger partial charge in [0.25, 0.3) is 0 Å². The van der Waals surface area contributed by atoms with Gasteiger partial charge in [-0.3, -0.25) is 4.68 Å². The van der Waals surface area contributed by atoms with E-state index in [2.05, 4.69) is 5.10 Å². The third-order valence-corrected chi connectivity index (χ3v) is 5.82. The second kappa shape index (κ2) is 6.86. The molecule has 126 valence electrons. The fourth-order valence-electron chi connectivity index (χ4n) is 2.03. The second-order valence-corrected chi connectivity index (χ2v) is 7.27. The monoisotopic (exact) mass is 361 g/mol. The number of nitrogens with zero attached hydrogens (tertiary/aromatic N) is 3. The van der Waals surface area contributed by atoms with Crippen LogP contribution in [0.2, 0.25) is 5.15 Å². The first-order valence-electron chi connectivity index (χ1n) is 6.78. The predicted molar refractivity (Wildman–Crippen MR) is 84.7 cm³/mol. The molecule has 2 rings (SSSR count). The summed E-state index contributed by atoms with van der Waals surface area (Å²) in [6.07, 6.45) is 0. The Morgan fingerprint density at radius 1 is 1.39 bits per heavy atom. The molecule has 0 unspecified atom stereocenters. The van der Waals surface area contributed by atoms with Crippen molar-refractivity contribution in [2.45, 2.75) is 11.8 Å². The van der Waals surface area contributed by atoms with Gasteiger partial charge in [0.15, 0.2) is 11.6 Å². The van der Waals surface area contributed by atoms with E-state index < -0.39 is 15.8 Å². The summed E-state index contributed by atoms with van der Waals surface area (Å²) < 4.78 is 46.2. The Labute approximate surface area is 139 Å². The molecule has 0 aliphatic rings. The number of hydrogen-bond acceptors (Lipinski definition) is 4. The third kappa shape index (κ3) is 3.65. The van der Waals surface area contributed by atoms with Gasteiger partial charge in [0.2, 0.25) is 10.0 Å². The molecule has 0 saturated carbocycles. The number of sulfonamides is 1. The lowest BCUT2D eigenvalue weighted by molar-refractivity contribution is 0.275. The van der Waals surface area contributed by atoms with Crippen molar-refractivity contribution >= 4 is 21.6 Å². The molecule has 9 heteroatoms. The highest BCUT2D eigenvalue weighted by Crippen LogP contribution is 2.26. The molecule has 1 aromatic heterocycles. The number of rotatable bonds is 6. The summed E-state index contributed by atoms with van der Waals surface area (Å²) in [5.74, 6) is -0.418. The van der Waals surface area contributed by atoms with Crippen molar-refractivity contribution < 1.29 is 17.5 Å². The smallest absolute Gasteiger partial charge is 0.247 e. The van der Waals surface area contributed by atoms with E-state index in [-0.39, 0.29) is 28.9 Å². The number of aryl methyl sites for hydroxylation is 2. The average Bonchev–Trinajstić information content (AvgIpc) is 2.74. The fourth-order valence-corrected chi connectivity index (χ4v) is 3.88. The largest absolute Gasteiger partial charge is 0.489 e. The van der Waals surface area contributed by atoms with E-state index in [1.807, 2.05) is 0 Å². The Bertz CT molecular complexity index is 808. The first-order chi connectivity index (χ1) is 10.7. The summed E-state index contributed by atoms with van der Waals surface area (Å²) >= 11 is 6.01. The standard InChI is InChI=1S/C14H17ClFN3O3S/c1-10-13(14(15)19(3)17-10)23(20,21)18(2)8-9-22-12-7-5-4-6-11(12)16/h4-7H,8-9H2,1-3H3. The SMILES string of the molecule is Cc1nn(C)c(Cl)c1S(=O)(=O)N(C)CCOc1ccccc1F. The van der Waals surface area contributed by atoms with Gasteiger partial charge in [0, 0.05) is 20.6 Å². The van der Waals surface area contributed by atoms with Crippen LogP contribution >= 0.6 is 11.6 Å². The third-order valence-electron chi connectivity index (χ3n) is 3.27. The Kier molecular flexibility index (Phi) is 5.28. The summed E-state index contributed by atoms with van der Waals surface area (Å²) in [5.41, 5.74) is 0.319. The maximum absolute atomic E-state index is 13.4. The average molecular weight is 362 g/mol. The normalized spacial score (nSPS) is 11.9. The van der Waals surface area contributed by atoms with Crippen LogP contribution in [-0.4, -0.2) is 42.7 Å². The predicted octanol–water partition coefficient (Wildman–Crippen LogP) is 2.22. The lowest BCUT2D eigenvalue weighted by Crippen LogP contribution is -2.31. The molecule has 6 nitrogen and oxygen atoms in total. The van der Waals surface area contributed by atoms with Crippen LogP contribution in [0.1, 0.15) is 5.69 Å². The summed E-state index contributed by atoms with van der Waals surface area (Å²) in [4.78, 5) is -0.0324. The Hall–Kier alpha value is -1.64. The van der Waals surface area contributed by atoms with E-state index in [0.29, 0.717) is 5.69 Å². The van der Waals surface area contributed by atoms with Gasteiger partial charge in [-0.25, -0.2) is 12.8 Å². The van der Waals surface area contributed by atoms with Crippen LogP contribution in [0.25, 0.3) is 0 Å². The number of aromatic nitrogens is 2. The van der Waals surface area contributed by atoms with Crippen LogP contribution in [0, 0.1) is 12.7 Å². The molecular weight excluding hydrogens is 345 g/mol. The quantitative estimate of drug-likeness (QED) is 0.791. The van der Waals surface area contributed by atoms with Crippen LogP contribution in [0.3, 0.4) is 0 Å².